The van der Waals surface area contributed by atoms with Gasteiger partial charge in [0, 0.05) is 12.1 Å². The van der Waals surface area contributed by atoms with Crippen molar-refractivity contribution in [3.8, 4) is 0 Å². The molecule has 0 saturated carbocycles. The number of halogens is 4. The van der Waals surface area contributed by atoms with E-state index >= 15 is 0 Å². The molecule has 0 bridgehead atoms. The van der Waals surface area contributed by atoms with E-state index in [9.17, 15) is 13.2 Å². The summed E-state index contributed by atoms with van der Waals surface area (Å²) in [6.07, 6.45) is 1.31. The number of amides is 1. The number of aromatic nitrogens is 1. The van der Waals surface area contributed by atoms with Crippen molar-refractivity contribution in [2.24, 2.45) is 0 Å². The van der Waals surface area contributed by atoms with Crippen LogP contribution in [0.2, 0.25) is 19.4 Å². The zero-order valence-electron chi connectivity index (χ0n) is 14.2. The number of benzene rings is 2. The highest BCUT2D eigenvalue weighted by Gasteiger charge is 2.27. The van der Waals surface area contributed by atoms with E-state index in [0.29, 0.717) is 9.90 Å². The van der Waals surface area contributed by atoms with E-state index in [1.807, 2.05) is 0 Å². The van der Waals surface area contributed by atoms with Crippen molar-refractivity contribution in [1.82, 2.24) is 10.3 Å². The first kappa shape index (κ1) is 22.1. The Balaban J connectivity index is 1.95. The molecule has 3 aromatic rings. The van der Waals surface area contributed by atoms with Crippen LogP contribution in [-0.4, -0.2) is 19.3 Å². The zero-order chi connectivity index (χ0) is 21.2. The van der Waals surface area contributed by atoms with Gasteiger partial charge in [0.2, 0.25) is 0 Å². The van der Waals surface area contributed by atoms with Crippen molar-refractivity contribution in [3.63, 3.8) is 0 Å². The van der Waals surface area contributed by atoms with Crippen LogP contribution in [0.25, 0.3) is 0 Å². The Bertz CT molecular complexity index is 1170. The molecule has 6 nitrogen and oxygen atoms in total. The highest BCUT2D eigenvalue weighted by molar-refractivity contribution is 7.93. The minimum Gasteiger partial charge on any atom is -0.348 e. The maximum absolute atomic E-state index is 12.9. The SMILES string of the molecule is O=C(NCc1cc(Cl)c(Cl)c(Cl)c1S(=O)(=O)Nc1ncc(Cl)s1)c1ccccc1. The van der Waals surface area contributed by atoms with Crippen LogP contribution in [0.5, 0.6) is 0 Å². The lowest BCUT2D eigenvalue weighted by Gasteiger charge is -2.15. The number of rotatable bonds is 6. The normalized spacial score (nSPS) is 11.3. The number of anilines is 1. The van der Waals surface area contributed by atoms with E-state index in [0.717, 1.165) is 11.3 Å². The molecule has 12 heteroatoms. The number of hydrogen-bond donors (Lipinski definition) is 2. The molecule has 152 valence electrons. The smallest absolute Gasteiger partial charge is 0.265 e. The van der Waals surface area contributed by atoms with Crippen molar-refractivity contribution < 1.29 is 13.2 Å². The zero-order valence-corrected chi connectivity index (χ0v) is 18.9. The molecule has 1 heterocycles. The molecule has 0 unspecified atom stereocenters. The first-order valence-corrected chi connectivity index (χ1v) is 11.6. The van der Waals surface area contributed by atoms with E-state index in [-0.39, 0.29) is 37.2 Å². The summed E-state index contributed by atoms with van der Waals surface area (Å²) in [5.74, 6) is -0.393. The number of nitrogens with one attached hydrogen (secondary N) is 2. The Morgan fingerprint density at radius 3 is 2.38 bits per heavy atom. The van der Waals surface area contributed by atoms with E-state index in [2.05, 4.69) is 15.0 Å². The Morgan fingerprint density at radius 1 is 1.07 bits per heavy atom. The standard InChI is InChI=1S/C17H11Cl4N3O3S2/c18-11-6-10(7-22-16(25)9-4-2-1-3-5-9)15(14(21)13(11)20)29(26,27)24-17-23-8-12(19)28-17/h1-6,8H,7H2,(H,22,25)(H,23,24). The first-order valence-electron chi connectivity index (χ1n) is 7.83. The summed E-state index contributed by atoms with van der Waals surface area (Å²) < 4.78 is 28.5. The third-order valence-corrected chi connectivity index (χ3v) is 7.64. The van der Waals surface area contributed by atoms with Crippen LogP contribution < -0.4 is 10.0 Å². The summed E-state index contributed by atoms with van der Waals surface area (Å²) >= 11 is 25.0. The number of sulfonamides is 1. The van der Waals surface area contributed by atoms with Gasteiger partial charge in [0.05, 0.1) is 21.3 Å². The van der Waals surface area contributed by atoms with Crippen molar-refractivity contribution in [2.75, 3.05) is 4.72 Å². The number of thiazole rings is 1. The van der Waals surface area contributed by atoms with E-state index in [1.165, 1.54) is 12.3 Å². The predicted octanol–water partition coefficient (Wildman–Crippen LogP) is 5.49. The summed E-state index contributed by atoms with van der Waals surface area (Å²) in [6, 6.07) is 9.79. The molecule has 0 radical (unpaired) electrons. The third kappa shape index (κ3) is 5.14. The second-order valence-electron chi connectivity index (χ2n) is 5.60. The van der Waals surface area contributed by atoms with Crippen LogP contribution in [0.4, 0.5) is 5.13 Å². The molecule has 2 N–H and O–H groups in total. The fourth-order valence-corrected chi connectivity index (χ4v) is 5.75. The molecule has 0 aliphatic rings. The number of carbonyl (C=O) groups is 1. The largest absolute Gasteiger partial charge is 0.348 e. The van der Waals surface area contributed by atoms with Crippen LogP contribution in [0.3, 0.4) is 0 Å². The molecule has 0 atom stereocenters. The average Bonchev–Trinajstić information content (AvgIpc) is 3.08. The van der Waals surface area contributed by atoms with Gasteiger partial charge in [0.25, 0.3) is 15.9 Å². The molecule has 0 fully saturated rings. The number of hydrogen-bond acceptors (Lipinski definition) is 5. The molecule has 0 aliphatic heterocycles. The summed E-state index contributed by atoms with van der Waals surface area (Å²) in [6.45, 7) is -0.154. The Kier molecular flexibility index (Phi) is 6.93. The van der Waals surface area contributed by atoms with Crippen LogP contribution >= 0.6 is 57.7 Å². The van der Waals surface area contributed by atoms with Gasteiger partial charge in [0.15, 0.2) is 5.13 Å². The van der Waals surface area contributed by atoms with Crippen molar-refractivity contribution in [1.29, 1.82) is 0 Å². The van der Waals surface area contributed by atoms with Crippen LogP contribution in [0.15, 0.2) is 47.5 Å². The molecule has 3 rings (SSSR count). The van der Waals surface area contributed by atoms with E-state index in [1.54, 1.807) is 30.3 Å². The van der Waals surface area contributed by atoms with Crippen LogP contribution in [-0.2, 0) is 16.6 Å². The Hall–Kier alpha value is -1.55. The number of carbonyl (C=O) groups excluding carboxylic acids is 1. The maximum Gasteiger partial charge on any atom is 0.265 e. The van der Waals surface area contributed by atoms with Gasteiger partial charge in [-0.3, -0.25) is 9.52 Å². The molecular weight excluding hydrogens is 500 g/mol. The van der Waals surface area contributed by atoms with Gasteiger partial charge in [-0.1, -0.05) is 75.9 Å². The van der Waals surface area contributed by atoms with Gasteiger partial charge < -0.3 is 5.32 Å². The fourth-order valence-electron chi connectivity index (χ4n) is 2.38. The highest BCUT2D eigenvalue weighted by atomic mass is 35.5. The molecule has 0 saturated heterocycles. The third-order valence-electron chi connectivity index (χ3n) is 3.64. The van der Waals surface area contributed by atoms with Crippen LogP contribution in [0.1, 0.15) is 15.9 Å². The summed E-state index contributed by atoms with van der Waals surface area (Å²) in [5, 5.41) is 2.36. The van der Waals surface area contributed by atoms with Crippen molar-refractivity contribution in [3.05, 3.63) is 73.1 Å². The maximum atomic E-state index is 12.9. The summed E-state index contributed by atoms with van der Waals surface area (Å²) in [5.41, 5.74) is 0.572. The van der Waals surface area contributed by atoms with E-state index in [4.69, 9.17) is 46.4 Å². The molecule has 29 heavy (non-hydrogen) atoms. The Labute approximate surface area is 190 Å². The molecule has 1 aromatic heterocycles. The Morgan fingerprint density at radius 2 is 1.76 bits per heavy atom. The van der Waals surface area contributed by atoms with Crippen molar-refractivity contribution >= 4 is 78.8 Å². The number of nitrogens with zero attached hydrogens (tertiary/aromatic N) is 1. The molecular formula is C17H11Cl4N3O3S2. The molecule has 2 aromatic carbocycles. The topological polar surface area (TPSA) is 88.2 Å². The van der Waals surface area contributed by atoms with Crippen LogP contribution in [0, 0.1) is 0 Å². The molecule has 0 aliphatic carbocycles. The lowest BCUT2D eigenvalue weighted by atomic mass is 10.2. The average molecular weight is 511 g/mol. The monoisotopic (exact) mass is 509 g/mol. The van der Waals surface area contributed by atoms with E-state index < -0.39 is 15.9 Å². The second kappa shape index (κ2) is 9.07. The van der Waals surface area contributed by atoms with Gasteiger partial charge in [-0.25, -0.2) is 13.4 Å². The second-order valence-corrected chi connectivity index (χ2v) is 10.0. The predicted molar refractivity (Wildman–Crippen MR) is 117 cm³/mol. The van der Waals surface area contributed by atoms with Gasteiger partial charge in [0.1, 0.15) is 9.23 Å². The summed E-state index contributed by atoms with van der Waals surface area (Å²) in [7, 11) is -4.20. The first-order chi connectivity index (χ1) is 13.7. The molecule has 0 spiro atoms. The lowest BCUT2D eigenvalue weighted by molar-refractivity contribution is 0.0950. The minimum atomic E-state index is -4.20. The summed E-state index contributed by atoms with van der Waals surface area (Å²) in [4.78, 5) is 15.9. The lowest BCUT2D eigenvalue weighted by Crippen LogP contribution is -2.25. The van der Waals surface area contributed by atoms with Crippen molar-refractivity contribution in [2.45, 2.75) is 11.4 Å². The minimum absolute atomic E-state index is 0.0522. The van der Waals surface area contributed by atoms with Gasteiger partial charge in [-0.2, -0.15) is 0 Å². The quantitative estimate of drug-likeness (QED) is 0.429. The van der Waals surface area contributed by atoms with Gasteiger partial charge in [-0.15, -0.1) is 0 Å². The fraction of sp³-hybridized carbons (Fsp3) is 0.0588. The highest BCUT2D eigenvalue weighted by Crippen LogP contribution is 2.39. The van der Waals surface area contributed by atoms with Gasteiger partial charge >= 0.3 is 0 Å². The van der Waals surface area contributed by atoms with Gasteiger partial charge in [-0.05, 0) is 23.8 Å². The molecule has 1 amide bonds.